The van der Waals surface area contributed by atoms with Crippen LogP contribution in [0, 0.1) is 0 Å². The minimum atomic E-state index is -4.11. The van der Waals surface area contributed by atoms with Crippen molar-refractivity contribution in [1.82, 2.24) is 5.32 Å². The van der Waals surface area contributed by atoms with Crippen molar-refractivity contribution in [2.24, 2.45) is 0 Å². The van der Waals surface area contributed by atoms with E-state index in [4.69, 9.17) is 8.92 Å². The van der Waals surface area contributed by atoms with Crippen LogP contribution in [0.4, 0.5) is 4.79 Å². The van der Waals surface area contributed by atoms with E-state index in [2.05, 4.69) is 5.32 Å². The Hall–Kier alpha value is -3.16. The second-order valence-electron chi connectivity index (χ2n) is 7.56. The van der Waals surface area contributed by atoms with Crippen molar-refractivity contribution in [3.8, 4) is 0 Å². The van der Waals surface area contributed by atoms with Crippen LogP contribution in [-0.4, -0.2) is 20.6 Å². The smallest absolute Gasteiger partial charge is 0.408 e. The number of rotatable bonds is 9. The molecule has 0 aliphatic heterocycles. The van der Waals surface area contributed by atoms with Gasteiger partial charge in [0, 0.05) is 0 Å². The molecule has 0 saturated carbocycles. The molecule has 1 amide bonds. The maximum Gasteiger partial charge on any atom is 0.408 e. The normalized spacial score (nSPS) is 13.3. The molecule has 168 valence electrons. The number of hydrogen-bond donors (Lipinski definition) is 1. The number of carbonyl (C=O) groups excluding carboxylic acids is 1. The Morgan fingerprint density at radius 2 is 1.31 bits per heavy atom. The molecule has 0 fully saturated rings. The Bertz CT molecular complexity index is 1090. The lowest BCUT2D eigenvalue weighted by Crippen LogP contribution is -2.37. The van der Waals surface area contributed by atoms with Crippen molar-refractivity contribution in [2.45, 2.75) is 37.9 Å². The molecule has 32 heavy (non-hydrogen) atoms. The first-order chi connectivity index (χ1) is 15.4. The van der Waals surface area contributed by atoms with E-state index in [-0.39, 0.29) is 6.61 Å². The lowest BCUT2D eigenvalue weighted by atomic mass is 9.98. The van der Waals surface area contributed by atoms with Gasteiger partial charge < -0.3 is 10.1 Å². The Morgan fingerprint density at radius 3 is 1.84 bits per heavy atom. The maximum atomic E-state index is 13.3. The highest BCUT2D eigenvalue weighted by atomic mass is 32.2. The molecule has 3 aromatic carbocycles. The Morgan fingerprint density at radius 1 is 0.812 bits per heavy atom. The van der Waals surface area contributed by atoms with E-state index in [9.17, 15) is 13.2 Å². The van der Waals surface area contributed by atoms with Crippen molar-refractivity contribution in [3.63, 3.8) is 0 Å². The van der Waals surface area contributed by atoms with Gasteiger partial charge in [0.15, 0.2) is 0 Å². The van der Waals surface area contributed by atoms with Crippen LogP contribution in [0.3, 0.4) is 0 Å². The largest absolute Gasteiger partial charge is 0.445 e. The number of alkyl carbamates (subject to hydrolysis) is 1. The zero-order valence-electron chi connectivity index (χ0n) is 18.0. The van der Waals surface area contributed by atoms with Crippen LogP contribution in [0.2, 0.25) is 0 Å². The van der Waals surface area contributed by atoms with E-state index < -0.39 is 33.6 Å². The summed E-state index contributed by atoms with van der Waals surface area (Å²) < 4.78 is 37.3. The first-order valence-electron chi connectivity index (χ1n) is 10.4. The number of benzene rings is 3. The summed E-state index contributed by atoms with van der Waals surface area (Å²) in [5.41, 5.74) is 1.95. The van der Waals surface area contributed by atoms with Crippen LogP contribution in [-0.2, 0) is 25.6 Å². The highest BCUT2D eigenvalue weighted by Gasteiger charge is 2.38. The summed E-state index contributed by atoms with van der Waals surface area (Å²) in [6.07, 6.45) is -1.27. The van der Waals surface area contributed by atoms with Crippen molar-refractivity contribution in [3.05, 3.63) is 108 Å². The van der Waals surface area contributed by atoms with E-state index in [0.29, 0.717) is 11.1 Å². The molecular formula is C25H27NO5S. The second-order valence-corrected chi connectivity index (χ2v) is 9.25. The van der Waals surface area contributed by atoms with E-state index in [1.807, 2.05) is 36.4 Å². The average molecular weight is 454 g/mol. The van der Waals surface area contributed by atoms with E-state index in [0.717, 1.165) is 5.56 Å². The molecular weight excluding hydrogens is 426 g/mol. The lowest BCUT2D eigenvalue weighted by Gasteiger charge is -2.28. The fraction of sp³-hybridized carbons (Fsp3) is 0.240. The summed E-state index contributed by atoms with van der Waals surface area (Å²) in [5, 5.41) is 1.59. The second kappa shape index (κ2) is 10.9. The minimum Gasteiger partial charge on any atom is -0.445 e. The van der Waals surface area contributed by atoms with E-state index in [1.54, 1.807) is 68.4 Å². The fourth-order valence-corrected chi connectivity index (χ4v) is 5.09. The predicted molar refractivity (Wildman–Crippen MR) is 123 cm³/mol. The van der Waals surface area contributed by atoms with Crippen molar-refractivity contribution >= 4 is 16.2 Å². The summed E-state index contributed by atoms with van der Waals surface area (Å²) in [4.78, 5) is 12.7. The quantitative estimate of drug-likeness (QED) is 0.453. The highest BCUT2D eigenvalue weighted by molar-refractivity contribution is 7.87. The van der Waals surface area contributed by atoms with Crippen LogP contribution >= 0.6 is 0 Å². The van der Waals surface area contributed by atoms with Gasteiger partial charge in [-0.1, -0.05) is 91.0 Å². The molecule has 1 N–H and O–H groups in total. The monoisotopic (exact) mass is 453 g/mol. The van der Waals surface area contributed by atoms with Gasteiger partial charge in [-0.05, 0) is 30.5 Å². The summed E-state index contributed by atoms with van der Waals surface area (Å²) >= 11 is 0. The molecule has 0 heterocycles. The molecule has 0 unspecified atom stereocenters. The molecule has 2 atom stereocenters. The van der Waals surface area contributed by atoms with Gasteiger partial charge in [0.05, 0.1) is 12.1 Å². The van der Waals surface area contributed by atoms with Gasteiger partial charge >= 0.3 is 6.09 Å². The van der Waals surface area contributed by atoms with Gasteiger partial charge in [-0.15, -0.1) is 0 Å². The average Bonchev–Trinajstić information content (AvgIpc) is 2.78. The molecule has 3 rings (SSSR count). The first-order valence-corrected chi connectivity index (χ1v) is 11.8. The maximum absolute atomic E-state index is 13.3. The van der Waals surface area contributed by atoms with Gasteiger partial charge in [0.2, 0.25) is 0 Å². The molecule has 3 aromatic rings. The van der Waals surface area contributed by atoms with Crippen molar-refractivity contribution < 1.29 is 22.1 Å². The van der Waals surface area contributed by atoms with Crippen molar-refractivity contribution in [1.29, 1.82) is 0 Å². The van der Waals surface area contributed by atoms with Crippen LogP contribution in [0.1, 0.15) is 41.8 Å². The number of hydrogen-bond acceptors (Lipinski definition) is 5. The Labute approximate surface area is 189 Å². The molecule has 7 heteroatoms. The van der Waals surface area contributed by atoms with Gasteiger partial charge in [0.25, 0.3) is 10.1 Å². The molecule has 0 spiro atoms. The van der Waals surface area contributed by atoms with Crippen LogP contribution in [0.15, 0.2) is 91.0 Å². The molecule has 0 aliphatic carbocycles. The molecule has 0 bridgehead atoms. The zero-order chi connectivity index (χ0) is 23.0. The number of nitrogens with one attached hydrogen (secondary N) is 1. The Kier molecular flexibility index (Phi) is 8.03. The topological polar surface area (TPSA) is 81.7 Å². The molecule has 6 nitrogen and oxygen atoms in total. The minimum absolute atomic E-state index is 0.0689. The number of ether oxygens (including phenoxy) is 1. The standard InChI is InChI=1S/C25H27NO5S/c1-19(2)31-32(28,29)24(22-16-10-5-11-17-22)23(21-14-8-4-9-15-21)26-25(27)30-18-20-12-6-3-7-13-20/h3-17,19,23-24H,18H2,1-2H3,(H,26,27)/t23-,24+/m1/s1. The summed E-state index contributed by atoms with van der Waals surface area (Å²) in [6.45, 7) is 3.37. The van der Waals surface area contributed by atoms with Gasteiger partial charge in [-0.3, -0.25) is 4.18 Å². The van der Waals surface area contributed by atoms with E-state index in [1.165, 1.54) is 0 Å². The summed E-state index contributed by atoms with van der Waals surface area (Å²) in [7, 11) is -4.11. The molecule has 0 aromatic heterocycles. The fourth-order valence-electron chi connectivity index (χ4n) is 3.38. The SMILES string of the molecule is CC(C)OS(=O)(=O)[C@@H](c1ccccc1)[C@H](NC(=O)OCc1ccccc1)c1ccccc1. The highest BCUT2D eigenvalue weighted by Crippen LogP contribution is 2.37. The lowest BCUT2D eigenvalue weighted by molar-refractivity contribution is 0.135. The van der Waals surface area contributed by atoms with Crippen LogP contribution < -0.4 is 5.32 Å². The number of carbonyl (C=O) groups is 1. The third-order valence-corrected chi connectivity index (χ3v) is 6.53. The van der Waals surface area contributed by atoms with Crippen LogP contribution in [0.25, 0.3) is 0 Å². The van der Waals surface area contributed by atoms with Crippen LogP contribution in [0.5, 0.6) is 0 Å². The zero-order valence-corrected chi connectivity index (χ0v) is 18.9. The summed E-state index contributed by atoms with van der Waals surface area (Å²) in [6, 6.07) is 26.0. The molecule has 0 aliphatic rings. The summed E-state index contributed by atoms with van der Waals surface area (Å²) in [5.74, 6) is 0. The van der Waals surface area contributed by atoms with E-state index >= 15 is 0 Å². The van der Waals surface area contributed by atoms with Gasteiger partial charge in [-0.25, -0.2) is 4.79 Å². The first kappa shape index (κ1) is 23.5. The predicted octanol–water partition coefficient (Wildman–Crippen LogP) is 5.15. The molecule has 0 radical (unpaired) electrons. The van der Waals surface area contributed by atoms with Crippen molar-refractivity contribution in [2.75, 3.05) is 0 Å². The molecule has 0 saturated heterocycles. The third-order valence-electron chi connectivity index (χ3n) is 4.71. The number of amides is 1. The van der Waals surface area contributed by atoms with Gasteiger partial charge in [-0.2, -0.15) is 8.42 Å². The van der Waals surface area contributed by atoms with Gasteiger partial charge in [0.1, 0.15) is 11.9 Å². The Balaban J connectivity index is 1.95. The third kappa shape index (κ3) is 6.42.